The molecule has 1 saturated carbocycles. The molecule has 0 bridgehead atoms. The van der Waals surface area contributed by atoms with Gasteiger partial charge in [0.15, 0.2) is 0 Å². The fraction of sp³-hybridized carbons (Fsp3) is 0.591. The summed E-state index contributed by atoms with van der Waals surface area (Å²) in [5, 5.41) is 10.6. The fourth-order valence-electron chi connectivity index (χ4n) is 4.31. The molecule has 3 rings (SSSR count). The normalized spacial score (nSPS) is 25.4. The highest BCUT2D eigenvalue weighted by atomic mass is 16.5. The first-order valence-electron chi connectivity index (χ1n) is 10.3. The Bertz CT molecular complexity index is 796. The van der Waals surface area contributed by atoms with Gasteiger partial charge in [-0.15, -0.1) is 0 Å². The predicted octanol–water partition coefficient (Wildman–Crippen LogP) is 1.32. The van der Waals surface area contributed by atoms with E-state index in [1.54, 1.807) is 38.4 Å². The minimum atomic E-state index is -0.640. The number of rotatable bonds is 6. The van der Waals surface area contributed by atoms with E-state index in [0.717, 1.165) is 0 Å². The molecule has 1 heterocycles. The Morgan fingerprint density at radius 3 is 2.50 bits per heavy atom. The third-order valence-electron chi connectivity index (χ3n) is 6.03. The number of nitrogens with zero attached hydrogens (tertiary/aromatic N) is 2. The third kappa shape index (κ3) is 5.11. The molecule has 2 aliphatic rings. The van der Waals surface area contributed by atoms with Crippen molar-refractivity contribution in [2.75, 3.05) is 34.3 Å². The molecule has 2 fully saturated rings. The van der Waals surface area contributed by atoms with E-state index in [-0.39, 0.29) is 36.5 Å². The molecule has 1 N–H and O–H groups in total. The molecule has 2 amide bonds. The molecular weight excluding hydrogens is 388 g/mol. The van der Waals surface area contributed by atoms with Crippen LogP contribution in [-0.4, -0.2) is 79.2 Å². The summed E-state index contributed by atoms with van der Waals surface area (Å²) in [6, 6.07) is 6.71. The molecule has 30 heavy (non-hydrogen) atoms. The number of aliphatic hydroxyl groups is 1. The van der Waals surface area contributed by atoms with Crippen LogP contribution in [0.4, 0.5) is 0 Å². The molecule has 1 aromatic carbocycles. The van der Waals surface area contributed by atoms with Gasteiger partial charge in [0.2, 0.25) is 11.8 Å². The minimum absolute atomic E-state index is 0.0164. The lowest BCUT2D eigenvalue weighted by Crippen LogP contribution is -2.42. The van der Waals surface area contributed by atoms with Crippen molar-refractivity contribution in [3.63, 3.8) is 0 Å². The zero-order chi connectivity index (χ0) is 21.8. The number of benzene rings is 1. The van der Waals surface area contributed by atoms with Crippen molar-refractivity contribution >= 4 is 17.8 Å². The maximum atomic E-state index is 12.5. The minimum Gasteiger partial charge on any atom is -0.488 e. The molecule has 0 aromatic heterocycles. The summed E-state index contributed by atoms with van der Waals surface area (Å²) < 4.78 is 10.7. The monoisotopic (exact) mass is 418 g/mol. The Kier molecular flexibility index (Phi) is 6.97. The zero-order valence-electron chi connectivity index (χ0n) is 17.7. The molecule has 1 aromatic rings. The topological polar surface area (TPSA) is 96.4 Å². The van der Waals surface area contributed by atoms with Crippen LogP contribution in [-0.2, 0) is 14.3 Å². The van der Waals surface area contributed by atoms with E-state index in [1.807, 2.05) is 4.90 Å². The van der Waals surface area contributed by atoms with E-state index in [9.17, 15) is 19.5 Å². The number of aliphatic hydroxyl groups excluding tert-OH is 1. The van der Waals surface area contributed by atoms with Gasteiger partial charge in [0.05, 0.1) is 18.8 Å². The average Bonchev–Trinajstić information content (AvgIpc) is 3.14. The highest BCUT2D eigenvalue weighted by Gasteiger charge is 2.43. The Morgan fingerprint density at radius 1 is 1.13 bits per heavy atom. The third-order valence-corrected chi connectivity index (χ3v) is 6.03. The summed E-state index contributed by atoms with van der Waals surface area (Å²) >= 11 is 0. The quantitative estimate of drug-likeness (QED) is 0.700. The zero-order valence-corrected chi connectivity index (χ0v) is 17.7. The number of carbonyl (C=O) groups is 3. The molecule has 0 radical (unpaired) electrons. The molecule has 1 aliphatic heterocycles. The lowest BCUT2D eigenvalue weighted by Gasteiger charge is -2.35. The predicted molar refractivity (Wildman–Crippen MR) is 109 cm³/mol. The van der Waals surface area contributed by atoms with Gasteiger partial charge in [-0.2, -0.15) is 0 Å². The van der Waals surface area contributed by atoms with E-state index >= 15 is 0 Å². The van der Waals surface area contributed by atoms with Gasteiger partial charge in [0.1, 0.15) is 11.9 Å². The average molecular weight is 418 g/mol. The lowest BCUT2D eigenvalue weighted by molar-refractivity contribution is -0.135. The number of fused-ring (bicyclic) bond motifs is 1. The van der Waals surface area contributed by atoms with Gasteiger partial charge in [-0.3, -0.25) is 9.59 Å². The van der Waals surface area contributed by atoms with E-state index < -0.39 is 18.2 Å². The fourth-order valence-corrected chi connectivity index (χ4v) is 4.31. The molecule has 4 atom stereocenters. The van der Waals surface area contributed by atoms with Gasteiger partial charge in [-0.05, 0) is 42.9 Å². The van der Waals surface area contributed by atoms with E-state index in [2.05, 4.69) is 0 Å². The van der Waals surface area contributed by atoms with Crippen molar-refractivity contribution < 1.29 is 29.0 Å². The van der Waals surface area contributed by atoms with E-state index in [0.29, 0.717) is 37.2 Å². The first-order valence-corrected chi connectivity index (χ1v) is 10.3. The standard InChI is InChI=1S/C22H30N2O6/c1-23(2)20(26)7-8-21(27)24-12-15-10-18(25)19(11-16(15)13-24)30-17-6-4-5-14(9-17)22(28)29-3/h4-6,9,15-16,18-19,25H,7-8,10-13H2,1-3H3/t15-,16+,18+,19+/m0/s1. The van der Waals surface area contributed by atoms with Crippen LogP contribution < -0.4 is 4.74 Å². The molecule has 8 heteroatoms. The number of methoxy groups -OCH3 is 1. The van der Waals surface area contributed by atoms with Crippen molar-refractivity contribution in [2.24, 2.45) is 11.8 Å². The number of esters is 1. The maximum absolute atomic E-state index is 12.5. The van der Waals surface area contributed by atoms with Gasteiger partial charge in [0.25, 0.3) is 0 Å². The van der Waals surface area contributed by atoms with Crippen LogP contribution in [0.25, 0.3) is 0 Å². The molecular formula is C22H30N2O6. The molecule has 0 unspecified atom stereocenters. The van der Waals surface area contributed by atoms with Crippen molar-refractivity contribution in [1.82, 2.24) is 9.80 Å². The van der Waals surface area contributed by atoms with E-state index in [1.165, 1.54) is 12.0 Å². The van der Waals surface area contributed by atoms with Crippen LogP contribution in [0.2, 0.25) is 0 Å². The summed E-state index contributed by atoms with van der Waals surface area (Å²) in [6.45, 7) is 1.23. The molecule has 1 saturated heterocycles. The Balaban J connectivity index is 1.57. The lowest BCUT2D eigenvalue weighted by atomic mass is 9.78. The number of hydrogen-bond acceptors (Lipinski definition) is 6. The van der Waals surface area contributed by atoms with Crippen molar-refractivity contribution in [3.05, 3.63) is 29.8 Å². The van der Waals surface area contributed by atoms with Crippen LogP contribution >= 0.6 is 0 Å². The van der Waals surface area contributed by atoms with Crippen molar-refractivity contribution in [2.45, 2.75) is 37.9 Å². The number of ether oxygens (including phenoxy) is 2. The van der Waals surface area contributed by atoms with Crippen LogP contribution in [0, 0.1) is 11.8 Å². The smallest absolute Gasteiger partial charge is 0.337 e. The van der Waals surface area contributed by atoms with Gasteiger partial charge in [-0.25, -0.2) is 4.79 Å². The first-order chi connectivity index (χ1) is 14.3. The van der Waals surface area contributed by atoms with E-state index in [4.69, 9.17) is 9.47 Å². The van der Waals surface area contributed by atoms with Gasteiger partial charge < -0.3 is 24.4 Å². The van der Waals surface area contributed by atoms with Gasteiger partial charge >= 0.3 is 5.97 Å². The second kappa shape index (κ2) is 9.47. The number of carbonyl (C=O) groups excluding carboxylic acids is 3. The number of hydrogen-bond donors (Lipinski definition) is 1. The Hall–Kier alpha value is -2.61. The van der Waals surface area contributed by atoms with Crippen molar-refractivity contribution in [1.29, 1.82) is 0 Å². The second-order valence-electron chi connectivity index (χ2n) is 8.32. The highest BCUT2D eigenvalue weighted by Crippen LogP contribution is 2.38. The number of amides is 2. The Morgan fingerprint density at radius 2 is 1.83 bits per heavy atom. The SMILES string of the molecule is COC(=O)c1cccc(O[C@@H]2C[C@@H]3CN(C(=O)CCC(=O)N(C)C)C[C@@H]3C[C@H]2O)c1. The summed E-state index contributed by atoms with van der Waals surface area (Å²) in [6.07, 6.45) is 0.575. The van der Waals surface area contributed by atoms with Crippen LogP contribution in [0.3, 0.4) is 0 Å². The largest absolute Gasteiger partial charge is 0.488 e. The second-order valence-corrected chi connectivity index (χ2v) is 8.32. The molecule has 1 aliphatic carbocycles. The number of likely N-dealkylation sites (tertiary alicyclic amines) is 1. The summed E-state index contributed by atoms with van der Waals surface area (Å²) in [7, 11) is 4.68. The molecule has 8 nitrogen and oxygen atoms in total. The Labute approximate surface area is 176 Å². The summed E-state index contributed by atoms with van der Waals surface area (Å²) in [4.78, 5) is 39.3. The summed E-state index contributed by atoms with van der Waals surface area (Å²) in [5.74, 6) is 0.469. The van der Waals surface area contributed by atoms with Crippen LogP contribution in [0.5, 0.6) is 5.75 Å². The maximum Gasteiger partial charge on any atom is 0.337 e. The van der Waals surface area contributed by atoms with Crippen LogP contribution in [0.15, 0.2) is 24.3 Å². The van der Waals surface area contributed by atoms with Gasteiger partial charge in [0, 0.05) is 40.0 Å². The highest BCUT2D eigenvalue weighted by molar-refractivity contribution is 5.89. The molecule has 164 valence electrons. The first kappa shape index (κ1) is 22.1. The van der Waals surface area contributed by atoms with Crippen LogP contribution in [0.1, 0.15) is 36.0 Å². The molecule has 0 spiro atoms. The van der Waals surface area contributed by atoms with Crippen molar-refractivity contribution in [3.8, 4) is 5.75 Å². The summed E-state index contributed by atoms with van der Waals surface area (Å²) in [5.41, 5.74) is 0.392. The van der Waals surface area contributed by atoms with Gasteiger partial charge in [-0.1, -0.05) is 6.07 Å².